The van der Waals surface area contributed by atoms with Gasteiger partial charge in [0, 0.05) is 42.9 Å². The third-order valence-electron chi connectivity index (χ3n) is 5.31. The lowest BCUT2D eigenvalue weighted by Crippen LogP contribution is -2.41. The molecule has 1 saturated carbocycles. The van der Waals surface area contributed by atoms with Crippen molar-refractivity contribution >= 4 is 11.7 Å². The summed E-state index contributed by atoms with van der Waals surface area (Å²) in [5.41, 5.74) is 1.43. The maximum atomic E-state index is 12.9. The van der Waals surface area contributed by atoms with Crippen LogP contribution in [0.2, 0.25) is 0 Å². The smallest absolute Gasteiger partial charge is 0.257 e. The number of likely N-dealkylation sites (tertiary alicyclic amines) is 1. The highest BCUT2D eigenvalue weighted by Crippen LogP contribution is 2.34. The molecule has 5 heteroatoms. The second-order valence-electron chi connectivity index (χ2n) is 6.83. The molecular formula is C20H21N3O2. The largest absolute Gasteiger partial charge is 0.335 e. The third kappa shape index (κ3) is 3.06. The highest BCUT2D eigenvalue weighted by atomic mass is 16.2. The van der Waals surface area contributed by atoms with Gasteiger partial charge in [0.15, 0.2) is 5.82 Å². The van der Waals surface area contributed by atoms with Crippen molar-refractivity contribution in [2.24, 2.45) is 5.92 Å². The Balaban J connectivity index is 1.53. The van der Waals surface area contributed by atoms with E-state index in [0.29, 0.717) is 30.1 Å². The molecule has 2 unspecified atom stereocenters. The average Bonchev–Trinajstić information content (AvgIpc) is 3.30. The van der Waals surface area contributed by atoms with Gasteiger partial charge < -0.3 is 4.90 Å². The molecule has 128 valence electrons. The molecule has 1 aliphatic carbocycles. The van der Waals surface area contributed by atoms with Crippen LogP contribution in [0.1, 0.15) is 42.5 Å². The number of ketones is 1. The fourth-order valence-corrected chi connectivity index (χ4v) is 4.05. The Kier molecular flexibility index (Phi) is 4.30. The predicted molar refractivity (Wildman–Crippen MR) is 93.9 cm³/mol. The van der Waals surface area contributed by atoms with E-state index in [4.69, 9.17) is 0 Å². The number of carbonyl (C=O) groups excluding carboxylic acids is 2. The highest BCUT2D eigenvalue weighted by molar-refractivity contribution is 5.95. The summed E-state index contributed by atoms with van der Waals surface area (Å²) in [5, 5.41) is 0. The predicted octanol–water partition coefficient (Wildman–Crippen LogP) is 3.12. The number of hydrogen-bond donors (Lipinski definition) is 0. The molecule has 0 radical (unpaired) electrons. The topological polar surface area (TPSA) is 63.2 Å². The summed E-state index contributed by atoms with van der Waals surface area (Å²) in [6, 6.07) is 9.75. The molecule has 2 heterocycles. The van der Waals surface area contributed by atoms with Crippen LogP contribution in [0.25, 0.3) is 11.4 Å². The fourth-order valence-electron chi connectivity index (χ4n) is 4.05. The van der Waals surface area contributed by atoms with Crippen molar-refractivity contribution in [3.63, 3.8) is 0 Å². The minimum absolute atomic E-state index is 0.0240. The average molecular weight is 335 g/mol. The normalized spacial score (nSPS) is 23.2. The first-order valence-corrected chi connectivity index (χ1v) is 8.95. The first-order chi connectivity index (χ1) is 12.2. The Hall–Kier alpha value is -2.56. The number of benzene rings is 1. The Morgan fingerprint density at radius 3 is 2.48 bits per heavy atom. The molecule has 2 aromatic rings. The van der Waals surface area contributed by atoms with Crippen LogP contribution in [0.5, 0.6) is 0 Å². The van der Waals surface area contributed by atoms with E-state index in [-0.39, 0.29) is 17.9 Å². The van der Waals surface area contributed by atoms with Gasteiger partial charge >= 0.3 is 0 Å². The van der Waals surface area contributed by atoms with Crippen LogP contribution in [0.15, 0.2) is 42.7 Å². The molecule has 1 saturated heterocycles. The summed E-state index contributed by atoms with van der Waals surface area (Å²) in [5.74, 6) is 0.902. The molecule has 5 nitrogen and oxygen atoms in total. The van der Waals surface area contributed by atoms with Crippen LogP contribution in [0.3, 0.4) is 0 Å². The van der Waals surface area contributed by atoms with Crippen LogP contribution in [-0.4, -0.2) is 39.1 Å². The van der Waals surface area contributed by atoms with E-state index in [9.17, 15) is 9.59 Å². The van der Waals surface area contributed by atoms with Gasteiger partial charge in [-0.15, -0.1) is 0 Å². The summed E-state index contributed by atoms with van der Waals surface area (Å²) in [6.45, 7) is 0.716. The number of aromatic nitrogens is 2. The van der Waals surface area contributed by atoms with Crippen LogP contribution in [0.4, 0.5) is 0 Å². The van der Waals surface area contributed by atoms with E-state index in [1.165, 1.54) is 0 Å². The Labute approximate surface area is 147 Å². The molecule has 0 N–H and O–H groups in total. The van der Waals surface area contributed by atoms with E-state index < -0.39 is 0 Å². The van der Waals surface area contributed by atoms with Gasteiger partial charge in [-0.25, -0.2) is 9.97 Å². The standard InChI is InChI=1S/C20H21N3O2/c24-18-10-4-8-16(18)17-9-5-11-23(17)20(25)15-12-21-19(22-13-15)14-6-2-1-3-7-14/h1-3,6-7,12-13,16-17H,4-5,8-11H2. The molecule has 2 aliphatic rings. The van der Waals surface area contributed by atoms with Crippen LogP contribution >= 0.6 is 0 Å². The van der Waals surface area contributed by atoms with Crippen molar-refractivity contribution in [3.8, 4) is 11.4 Å². The van der Waals surface area contributed by atoms with Gasteiger partial charge in [0.05, 0.1) is 5.56 Å². The highest BCUT2D eigenvalue weighted by Gasteiger charge is 2.40. The SMILES string of the molecule is O=C1CCCC1C1CCCN1C(=O)c1cnc(-c2ccccc2)nc1. The second-order valence-corrected chi connectivity index (χ2v) is 6.83. The number of Topliss-reactive ketones (excluding diaryl/α,β-unsaturated/α-hetero) is 1. The van der Waals surface area contributed by atoms with E-state index >= 15 is 0 Å². The maximum absolute atomic E-state index is 12.9. The van der Waals surface area contributed by atoms with E-state index in [0.717, 1.165) is 31.2 Å². The summed E-state index contributed by atoms with van der Waals surface area (Å²) in [7, 11) is 0. The van der Waals surface area contributed by atoms with Crippen molar-refractivity contribution in [3.05, 3.63) is 48.3 Å². The molecule has 1 aromatic heterocycles. The van der Waals surface area contributed by atoms with Crippen LogP contribution in [0, 0.1) is 5.92 Å². The zero-order chi connectivity index (χ0) is 17.2. The van der Waals surface area contributed by atoms with Crippen molar-refractivity contribution in [2.75, 3.05) is 6.54 Å². The van der Waals surface area contributed by atoms with Crippen molar-refractivity contribution in [1.82, 2.24) is 14.9 Å². The number of nitrogens with zero attached hydrogens (tertiary/aromatic N) is 3. The van der Waals surface area contributed by atoms with Gasteiger partial charge in [-0.05, 0) is 25.7 Å². The van der Waals surface area contributed by atoms with Gasteiger partial charge in [0.25, 0.3) is 5.91 Å². The maximum Gasteiger partial charge on any atom is 0.257 e. The van der Waals surface area contributed by atoms with Crippen LogP contribution < -0.4 is 0 Å². The molecule has 0 bridgehead atoms. The van der Waals surface area contributed by atoms with Gasteiger partial charge in [-0.3, -0.25) is 9.59 Å². The molecule has 25 heavy (non-hydrogen) atoms. The van der Waals surface area contributed by atoms with E-state index in [2.05, 4.69) is 9.97 Å². The van der Waals surface area contributed by atoms with Crippen molar-refractivity contribution in [1.29, 1.82) is 0 Å². The molecule has 1 aromatic carbocycles. The van der Waals surface area contributed by atoms with Crippen LogP contribution in [-0.2, 0) is 4.79 Å². The van der Waals surface area contributed by atoms with Gasteiger partial charge in [-0.1, -0.05) is 30.3 Å². The van der Waals surface area contributed by atoms with E-state index in [1.54, 1.807) is 12.4 Å². The molecule has 2 atom stereocenters. The van der Waals surface area contributed by atoms with Gasteiger partial charge in [0.2, 0.25) is 0 Å². The Morgan fingerprint density at radius 1 is 1.04 bits per heavy atom. The summed E-state index contributed by atoms with van der Waals surface area (Å²) in [6.07, 6.45) is 7.62. The minimum atomic E-state index is -0.0539. The van der Waals surface area contributed by atoms with Crippen molar-refractivity contribution in [2.45, 2.75) is 38.1 Å². The lowest BCUT2D eigenvalue weighted by molar-refractivity contribution is -0.121. The summed E-state index contributed by atoms with van der Waals surface area (Å²) >= 11 is 0. The second kappa shape index (κ2) is 6.75. The quantitative estimate of drug-likeness (QED) is 0.864. The van der Waals surface area contributed by atoms with Crippen molar-refractivity contribution < 1.29 is 9.59 Å². The zero-order valence-electron chi connectivity index (χ0n) is 14.1. The molecule has 0 spiro atoms. The van der Waals surface area contributed by atoms with Gasteiger partial charge in [-0.2, -0.15) is 0 Å². The number of hydrogen-bond acceptors (Lipinski definition) is 4. The first kappa shape index (κ1) is 15.9. The monoisotopic (exact) mass is 335 g/mol. The zero-order valence-corrected chi connectivity index (χ0v) is 14.1. The lowest BCUT2D eigenvalue weighted by atomic mass is 9.95. The summed E-state index contributed by atoms with van der Waals surface area (Å²) < 4.78 is 0. The molecular weight excluding hydrogens is 314 g/mol. The number of rotatable bonds is 3. The Bertz CT molecular complexity index is 773. The Morgan fingerprint density at radius 2 is 1.80 bits per heavy atom. The molecule has 2 fully saturated rings. The fraction of sp³-hybridized carbons (Fsp3) is 0.400. The number of amides is 1. The number of carbonyl (C=O) groups is 2. The van der Waals surface area contributed by atoms with Gasteiger partial charge in [0.1, 0.15) is 5.78 Å². The molecule has 1 aliphatic heterocycles. The molecule has 1 amide bonds. The summed E-state index contributed by atoms with van der Waals surface area (Å²) in [4.78, 5) is 35.6. The molecule has 4 rings (SSSR count). The van der Waals surface area contributed by atoms with E-state index in [1.807, 2.05) is 35.2 Å². The first-order valence-electron chi connectivity index (χ1n) is 8.95. The minimum Gasteiger partial charge on any atom is -0.335 e. The third-order valence-corrected chi connectivity index (χ3v) is 5.31. The lowest BCUT2D eigenvalue weighted by Gasteiger charge is -2.28.